The molecule has 3 aromatic rings. The molecular weight excluding hydrogens is 309 g/mol. The highest BCUT2D eigenvalue weighted by atomic mass is 19.1. The van der Waals surface area contributed by atoms with E-state index in [0.717, 1.165) is 0 Å². The summed E-state index contributed by atoms with van der Waals surface area (Å²) in [5, 5.41) is 3.06. The van der Waals surface area contributed by atoms with Gasteiger partial charge in [-0.2, -0.15) is 0 Å². The predicted octanol–water partition coefficient (Wildman–Crippen LogP) is 4.00. The van der Waals surface area contributed by atoms with Gasteiger partial charge in [-0.15, -0.1) is 0 Å². The van der Waals surface area contributed by atoms with Gasteiger partial charge >= 0.3 is 5.97 Å². The lowest BCUT2D eigenvalue weighted by atomic mass is 10.2. The highest BCUT2D eigenvalue weighted by Crippen LogP contribution is 2.24. The van der Waals surface area contributed by atoms with Crippen LogP contribution in [-0.4, -0.2) is 22.5 Å². The standard InChI is InChI=1S/C18H16FN3O2/c1-3-24-18(23)16-17(21-13-9-8-12(19)10-11(13)2)22-15-7-5-4-6-14(15)20-16/h4-10H,3H2,1-2H3,(H,21,22). The van der Waals surface area contributed by atoms with Crippen molar-refractivity contribution in [1.82, 2.24) is 9.97 Å². The molecule has 0 aliphatic carbocycles. The van der Waals surface area contributed by atoms with Crippen molar-refractivity contribution >= 4 is 28.5 Å². The fourth-order valence-corrected chi connectivity index (χ4v) is 2.32. The van der Waals surface area contributed by atoms with Crippen LogP contribution in [0.25, 0.3) is 11.0 Å². The van der Waals surface area contributed by atoms with Crippen molar-refractivity contribution in [2.24, 2.45) is 0 Å². The van der Waals surface area contributed by atoms with Crippen LogP contribution in [-0.2, 0) is 4.74 Å². The number of aryl methyl sites for hydroxylation is 1. The molecule has 5 nitrogen and oxygen atoms in total. The van der Waals surface area contributed by atoms with Crippen molar-refractivity contribution < 1.29 is 13.9 Å². The third-order valence-corrected chi connectivity index (χ3v) is 3.48. The minimum Gasteiger partial charge on any atom is -0.461 e. The largest absolute Gasteiger partial charge is 0.461 e. The van der Waals surface area contributed by atoms with Crippen LogP contribution in [0, 0.1) is 12.7 Å². The van der Waals surface area contributed by atoms with E-state index in [0.29, 0.717) is 22.3 Å². The third kappa shape index (κ3) is 3.17. The molecule has 1 N–H and O–H groups in total. The molecule has 0 amide bonds. The highest BCUT2D eigenvalue weighted by Gasteiger charge is 2.18. The second-order valence-corrected chi connectivity index (χ2v) is 5.21. The normalized spacial score (nSPS) is 10.6. The maximum atomic E-state index is 13.3. The molecule has 0 aliphatic rings. The average molecular weight is 325 g/mol. The maximum Gasteiger partial charge on any atom is 0.360 e. The monoisotopic (exact) mass is 325 g/mol. The second kappa shape index (κ2) is 6.62. The Kier molecular flexibility index (Phi) is 4.37. The first-order valence-corrected chi connectivity index (χ1v) is 7.55. The molecule has 6 heteroatoms. The van der Waals surface area contributed by atoms with E-state index < -0.39 is 5.97 Å². The van der Waals surface area contributed by atoms with E-state index in [1.165, 1.54) is 12.1 Å². The fourth-order valence-electron chi connectivity index (χ4n) is 2.32. The first-order valence-electron chi connectivity index (χ1n) is 7.55. The second-order valence-electron chi connectivity index (χ2n) is 5.21. The molecule has 0 fully saturated rings. The van der Waals surface area contributed by atoms with Gasteiger partial charge in [-0.05, 0) is 49.7 Å². The number of nitrogens with zero attached hydrogens (tertiary/aromatic N) is 2. The molecule has 0 unspecified atom stereocenters. The lowest BCUT2D eigenvalue weighted by Crippen LogP contribution is -2.12. The van der Waals surface area contributed by atoms with Gasteiger partial charge in [-0.1, -0.05) is 12.1 Å². The molecule has 122 valence electrons. The number of hydrogen-bond donors (Lipinski definition) is 1. The minimum absolute atomic E-state index is 0.0966. The van der Waals surface area contributed by atoms with E-state index in [2.05, 4.69) is 15.3 Å². The number of hydrogen-bond acceptors (Lipinski definition) is 5. The lowest BCUT2D eigenvalue weighted by Gasteiger charge is -2.13. The summed E-state index contributed by atoms with van der Waals surface area (Å²) in [6.45, 7) is 3.73. The van der Waals surface area contributed by atoms with Crippen LogP contribution in [0.5, 0.6) is 0 Å². The van der Waals surface area contributed by atoms with Gasteiger partial charge in [0, 0.05) is 5.69 Å². The van der Waals surface area contributed by atoms with Gasteiger partial charge in [0.15, 0.2) is 11.5 Å². The van der Waals surface area contributed by atoms with Crippen LogP contribution in [0.2, 0.25) is 0 Å². The Morgan fingerprint density at radius 2 is 1.88 bits per heavy atom. The molecule has 0 saturated heterocycles. The number of rotatable bonds is 4. The minimum atomic E-state index is -0.557. The van der Waals surface area contributed by atoms with Crippen molar-refractivity contribution in [2.45, 2.75) is 13.8 Å². The summed E-state index contributed by atoms with van der Waals surface area (Å²) in [6, 6.07) is 11.6. The highest BCUT2D eigenvalue weighted by molar-refractivity contribution is 5.96. The average Bonchev–Trinajstić information content (AvgIpc) is 2.57. The van der Waals surface area contributed by atoms with E-state index in [9.17, 15) is 9.18 Å². The van der Waals surface area contributed by atoms with Crippen molar-refractivity contribution in [1.29, 1.82) is 0 Å². The summed E-state index contributed by atoms with van der Waals surface area (Å²) in [7, 11) is 0. The van der Waals surface area contributed by atoms with Crippen LogP contribution in [0.4, 0.5) is 15.9 Å². The predicted molar refractivity (Wildman–Crippen MR) is 89.9 cm³/mol. The zero-order valence-corrected chi connectivity index (χ0v) is 13.3. The smallest absolute Gasteiger partial charge is 0.360 e. The van der Waals surface area contributed by atoms with Crippen molar-refractivity contribution in [3.8, 4) is 0 Å². The number of fused-ring (bicyclic) bond motifs is 1. The molecule has 0 bridgehead atoms. The molecule has 1 aromatic heterocycles. The Bertz CT molecular complexity index is 912. The number of halogens is 1. The van der Waals surface area contributed by atoms with Crippen molar-refractivity contribution in [3.63, 3.8) is 0 Å². The first kappa shape index (κ1) is 15.9. The van der Waals surface area contributed by atoms with Gasteiger partial charge < -0.3 is 10.1 Å². The van der Waals surface area contributed by atoms with E-state index in [-0.39, 0.29) is 23.9 Å². The molecule has 2 aromatic carbocycles. The van der Waals surface area contributed by atoms with Crippen LogP contribution in [0.15, 0.2) is 42.5 Å². The van der Waals surface area contributed by atoms with E-state index in [1.807, 2.05) is 12.1 Å². The summed E-state index contributed by atoms with van der Waals surface area (Å²) in [6.07, 6.45) is 0. The summed E-state index contributed by atoms with van der Waals surface area (Å²) in [5.74, 6) is -0.604. The Morgan fingerprint density at radius 3 is 2.54 bits per heavy atom. The summed E-state index contributed by atoms with van der Waals surface area (Å²) >= 11 is 0. The lowest BCUT2D eigenvalue weighted by molar-refractivity contribution is 0.0521. The molecular formula is C18H16FN3O2. The topological polar surface area (TPSA) is 64.1 Å². The zero-order chi connectivity index (χ0) is 17.1. The summed E-state index contributed by atoms with van der Waals surface area (Å²) in [4.78, 5) is 21.0. The van der Waals surface area contributed by atoms with Gasteiger partial charge in [0.1, 0.15) is 5.82 Å². The quantitative estimate of drug-likeness (QED) is 0.735. The van der Waals surface area contributed by atoms with Crippen LogP contribution in [0.3, 0.4) is 0 Å². The SMILES string of the molecule is CCOC(=O)c1nc2ccccc2nc1Nc1ccc(F)cc1C. The van der Waals surface area contributed by atoms with Crippen LogP contribution in [0.1, 0.15) is 23.0 Å². The van der Waals surface area contributed by atoms with Crippen molar-refractivity contribution in [2.75, 3.05) is 11.9 Å². The molecule has 0 aliphatic heterocycles. The molecule has 0 saturated carbocycles. The van der Waals surface area contributed by atoms with Crippen molar-refractivity contribution in [3.05, 3.63) is 59.5 Å². The molecule has 3 rings (SSSR count). The number of nitrogens with one attached hydrogen (secondary N) is 1. The Hall–Kier alpha value is -3.02. The Morgan fingerprint density at radius 1 is 1.17 bits per heavy atom. The number of carbonyl (C=O) groups is 1. The van der Waals surface area contributed by atoms with Gasteiger partial charge in [0.05, 0.1) is 17.6 Å². The van der Waals surface area contributed by atoms with Gasteiger partial charge in [0.2, 0.25) is 0 Å². The van der Waals surface area contributed by atoms with Gasteiger partial charge in [-0.3, -0.25) is 0 Å². The number of esters is 1. The number of benzene rings is 2. The van der Waals surface area contributed by atoms with Crippen LogP contribution < -0.4 is 5.32 Å². The van der Waals surface area contributed by atoms with Gasteiger partial charge in [0.25, 0.3) is 0 Å². The molecule has 0 spiro atoms. The Balaban J connectivity index is 2.09. The van der Waals surface area contributed by atoms with Gasteiger partial charge in [-0.25, -0.2) is 19.2 Å². The Labute approximate surface area is 138 Å². The van der Waals surface area contributed by atoms with Crippen LogP contribution >= 0.6 is 0 Å². The summed E-state index contributed by atoms with van der Waals surface area (Å²) in [5.41, 5.74) is 2.68. The maximum absolute atomic E-state index is 13.3. The van der Waals surface area contributed by atoms with E-state index >= 15 is 0 Å². The molecule has 0 radical (unpaired) electrons. The number of carbonyl (C=O) groups excluding carboxylic acids is 1. The fraction of sp³-hybridized carbons (Fsp3) is 0.167. The summed E-state index contributed by atoms with van der Waals surface area (Å²) < 4.78 is 18.3. The first-order chi connectivity index (χ1) is 11.6. The number of anilines is 2. The van der Waals surface area contributed by atoms with E-state index in [1.54, 1.807) is 32.0 Å². The number of ether oxygens (including phenoxy) is 1. The molecule has 24 heavy (non-hydrogen) atoms. The number of para-hydroxylation sites is 2. The zero-order valence-electron chi connectivity index (χ0n) is 13.3. The molecule has 0 atom stereocenters. The van der Waals surface area contributed by atoms with E-state index in [4.69, 9.17) is 4.74 Å². The number of aromatic nitrogens is 2. The third-order valence-electron chi connectivity index (χ3n) is 3.48. The molecule has 1 heterocycles.